The summed E-state index contributed by atoms with van der Waals surface area (Å²) in [4.78, 5) is 12.2. The zero-order chi connectivity index (χ0) is 14.6. The normalized spacial score (nSPS) is 13.1. The Morgan fingerprint density at radius 1 is 1.47 bits per heavy atom. The minimum atomic E-state index is -0.273. The topological polar surface area (TPSA) is 75.3 Å². The number of carbonyl (C=O) groups is 1. The zero-order valence-corrected chi connectivity index (χ0v) is 12.3. The van der Waals surface area contributed by atoms with Gasteiger partial charge >= 0.3 is 0 Å². The van der Waals surface area contributed by atoms with Crippen molar-refractivity contribution in [2.45, 2.75) is 33.2 Å². The molecule has 106 valence electrons. The van der Waals surface area contributed by atoms with Gasteiger partial charge in [-0.25, -0.2) is 0 Å². The Hall–Kier alpha value is -1.26. The molecule has 0 heterocycles. The number of aliphatic hydroxyl groups excluding tert-OH is 1. The van der Waals surface area contributed by atoms with E-state index in [0.29, 0.717) is 17.7 Å². The molecule has 1 aromatic rings. The number of rotatable bonds is 4. The van der Waals surface area contributed by atoms with E-state index in [-0.39, 0.29) is 29.0 Å². The predicted octanol–water partition coefficient (Wildman–Crippen LogP) is 2.45. The van der Waals surface area contributed by atoms with Crippen molar-refractivity contribution in [1.29, 1.82) is 0 Å². The van der Waals surface area contributed by atoms with Crippen molar-refractivity contribution in [2.24, 2.45) is 5.41 Å². The van der Waals surface area contributed by atoms with E-state index in [1.807, 2.05) is 20.8 Å². The maximum atomic E-state index is 12.2. The molecular weight excluding hydrogens is 264 g/mol. The second-order valence-corrected chi connectivity index (χ2v) is 5.99. The maximum absolute atomic E-state index is 12.2. The number of halogens is 1. The van der Waals surface area contributed by atoms with Crippen molar-refractivity contribution in [3.05, 3.63) is 28.8 Å². The lowest BCUT2D eigenvalue weighted by Crippen LogP contribution is -2.44. The summed E-state index contributed by atoms with van der Waals surface area (Å²) in [5.74, 6) is -0.273. The molecule has 0 fully saturated rings. The highest BCUT2D eigenvalue weighted by Gasteiger charge is 2.26. The number of anilines is 1. The van der Waals surface area contributed by atoms with Crippen LogP contribution >= 0.6 is 11.6 Å². The third kappa shape index (κ3) is 4.11. The minimum Gasteiger partial charge on any atom is -0.398 e. The van der Waals surface area contributed by atoms with Gasteiger partial charge in [-0.05, 0) is 24.0 Å². The number of nitrogen functional groups attached to an aromatic ring is 1. The molecule has 19 heavy (non-hydrogen) atoms. The quantitative estimate of drug-likeness (QED) is 0.744. The van der Waals surface area contributed by atoms with Gasteiger partial charge in [0.1, 0.15) is 0 Å². The maximum Gasteiger partial charge on any atom is 0.253 e. The number of nitrogens with one attached hydrogen (secondary N) is 1. The van der Waals surface area contributed by atoms with E-state index in [0.717, 1.165) is 0 Å². The number of hydrogen-bond acceptors (Lipinski definition) is 3. The first-order valence-electron chi connectivity index (χ1n) is 6.23. The Balaban J connectivity index is 2.91. The Morgan fingerprint density at radius 3 is 2.63 bits per heavy atom. The van der Waals surface area contributed by atoms with E-state index < -0.39 is 0 Å². The van der Waals surface area contributed by atoms with Crippen molar-refractivity contribution in [1.82, 2.24) is 5.32 Å². The van der Waals surface area contributed by atoms with Crippen LogP contribution in [-0.4, -0.2) is 23.7 Å². The molecule has 0 spiro atoms. The van der Waals surface area contributed by atoms with Gasteiger partial charge in [-0.2, -0.15) is 0 Å². The molecule has 0 radical (unpaired) electrons. The highest BCUT2D eigenvalue weighted by Crippen LogP contribution is 2.25. The van der Waals surface area contributed by atoms with Crippen molar-refractivity contribution in [3.8, 4) is 0 Å². The number of hydrogen-bond donors (Lipinski definition) is 3. The molecule has 1 amide bonds. The van der Waals surface area contributed by atoms with E-state index in [1.54, 1.807) is 18.2 Å². The van der Waals surface area contributed by atoms with Gasteiger partial charge in [0.25, 0.3) is 5.91 Å². The summed E-state index contributed by atoms with van der Waals surface area (Å²) in [5, 5.41) is 12.2. The summed E-state index contributed by atoms with van der Waals surface area (Å²) in [6.07, 6.45) is 0.495. The smallest absolute Gasteiger partial charge is 0.253 e. The van der Waals surface area contributed by atoms with Crippen LogP contribution in [0.4, 0.5) is 5.69 Å². The van der Waals surface area contributed by atoms with Crippen LogP contribution in [0.3, 0.4) is 0 Å². The van der Waals surface area contributed by atoms with E-state index in [1.165, 1.54) is 0 Å². The summed E-state index contributed by atoms with van der Waals surface area (Å²) in [6, 6.07) is 4.83. The number of carbonyl (C=O) groups excluding carboxylic acids is 1. The Labute approximate surface area is 118 Å². The molecule has 1 aromatic carbocycles. The van der Waals surface area contributed by atoms with E-state index in [9.17, 15) is 4.79 Å². The molecule has 0 aliphatic heterocycles. The molecule has 1 rings (SSSR count). The summed E-state index contributed by atoms with van der Waals surface area (Å²) in [6.45, 7) is 6.05. The van der Waals surface area contributed by atoms with Crippen molar-refractivity contribution in [3.63, 3.8) is 0 Å². The standard InChI is InChI=1S/C14H21ClN2O2/c1-14(2,3)11(7-8-18)17-13(19)9-5-4-6-10(16)12(9)15/h4-6,11,18H,7-8,16H2,1-3H3,(H,17,19). The van der Waals surface area contributed by atoms with Crippen LogP contribution in [0.25, 0.3) is 0 Å². The largest absolute Gasteiger partial charge is 0.398 e. The summed E-state index contributed by atoms with van der Waals surface area (Å²) in [7, 11) is 0. The Kier molecular flexibility index (Phi) is 5.20. The number of benzene rings is 1. The molecule has 0 aliphatic rings. The van der Waals surface area contributed by atoms with Crippen molar-refractivity contribution < 1.29 is 9.90 Å². The number of amides is 1. The molecule has 4 nitrogen and oxygen atoms in total. The lowest BCUT2D eigenvalue weighted by Gasteiger charge is -2.31. The highest BCUT2D eigenvalue weighted by atomic mass is 35.5. The molecule has 1 unspecified atom stereocenters. The minimum absolute atomic E-state index is 0.0207. The van der Waals surface area contributed by atoms with Gasteiger partial charge in [-0.1, -0.05) is 38.4 Å². The fourth-order valence-corrected chi connectivity index (χ4v) is 2.02. The second kappa shape index (κ2) is 6.26. The first-order valence-corrected chi connectivity index (χ1v) is 6.61. The highest BCUT2D eigenvalue weighted by molar-refractivity contribution is 6.36. The Bertz CT molecular complexity index is 455. The second-order valence-electron chi connectivity index (χ2n) is 5.61. The number of aliphatic hydroxyl groups is 1. The number of nitrogens with two attached hydrogens (primary N) is 1. The Morgan fingerprint density at radius 2 is 2.11 bits per heavy atom. The molecule has 0 aromatic heterocycles. The van der Waals surface area contributed by atoms with E-state index in [4.69, 9.17) is 22.4 Å². The first-order chi connectivity index (χ1) is 8.77. The lowest BCUT2D eigenvalue weighted by molar-refractivity contribution is 0.0885. The monoisotopic (exact) mass is 284 g/mol. The van der Waals surface area contributed by atoms with Crippen LogP contribution in [0, 0.1) is 5.41 Å². The molecule has 5 heteroatoms. The van der Waals surface area contributed by atoms with Crippen LogP contribution in [0.15, 0.2) is 18.2 Å². The first kappa shape index (κ1) is 15.8. The summed E-state index contributed by atoms with van der Waals surface area (Å²) in [5.41, 5.74) is 6.27. The van der Waals surface area contributed by atoms with Crippen LogP contribution < -0.4 is 11.1 Å². The fraction of sp³-hybridized carbons (Fsp3) is 0.500. The SMILES string of the molecule is CC(C)(C)C(CCO)NC(=O)c1cccc(N)c1Cl. The summed E-state index contributed by atoms with van der Waals surface area (Å²) >= 11 is 6.03. The van der Waals surface area contributed by atoms with Crippen LogP contribution in [0.5, 0.6) is 0 Å². The van der Waals surface area contributed by atoms with Gasteiger partial charge in [0, 0.05) is 12.6 Å². The van der Waals surface area contributed by atoms with E-state index >= 15 is 0 Å². The molecule has 0 saturated carbocycles. The molecule has 1 atom stereocenters. The molecule has 0 bridgehead atoms. The lowest BCUT2D eigenvalue weighted by atomic mass is 9.84. The molecule has 4 N–H and O–H groups in total. The van der Waals surface area contributed by atoms with Crippen molar-refractivity contribution >= 4 is 23.2 Å². The van der Waals surface area contributed by atoms with E-state index in [2.05, 4.69) is 5.32 Å². The van der Waals surface area contributed by atoms with Crippen LogP contribution in [0.2, 0.25) is 5.02 Å². The van der Waals surface area contributed by atoms with Crippen molar-refractivity contribution in [2.75, 3.05) is 12.3 Å². The van der Waals surface area contributed by atoms with Gasteiger partial charge in [0.15, 0.2) is 0 Å². The van der Waals surface area contributed by atoms with Gasteiger partial charge in [-0.3, -0.25) is 4.79 Å². The van der Waals surface area contributed by atoms with Gasteiger partial charge in [-0.15, -0.1) is 0 Å². The van der Waals surface area contributed by atoms with Gasteiger partial charge in [0.05, 0.1) is 16.3 Å². The van der Waals surface area contributed by atoms with Crippen LogP contribution in [0.1, 0.15) is 37.6 Å². The molecule has 0 saturated heterocycles. The molecular formula is C14H21ClN2O2. The van der Waals surface area contributed by atoms with Gasteiger partial charge in [0.2, 0.25) is 0 Å². The fourth-order valence-electron chi connectivity index (χ4n) is 1.81. The summed E-state index contributed by atoms with van der Waals surface area (Å²) < 4.78 is 0. The third-order valence-electron chi connectivity index (χ3n) is 3.04. The van der Waals surface area contributed by atoms with Gasteiger partial charge < -0.3 is 16.2 Å². The average Bonchev–Trinajstić information content (AvgIpc) is 2.30. The predicted molar refractivity (Wildman–Crippen MR) is 78.3 cm³/mol. The zero-order valence-electron chi connectivity index (χ0n) is 11.5. The third-order valence-corrected chi connectivity index (χ3v) is 3.46. The van der Waals surface area contributed by atoms with Crippen LogP contribution in [-0.2, 0) is 0 Å². The molecule has 0 aliphatic carbocycles. The average molecular weight is 285 g/mol.